The first kappa shape index (κ1) is 12.2. The van der Waals surface area contributed by atoms with E-state index in [2.05, 4.69) is 20.1 Å². The molecule has 0 saturated carbocycles. The standard InChI is InChI=1S/C13H9FN4O2/c1-7-15-6-10(12(19)16-7)13-17-11(18-20-13)8-3-2-4-9(14)5-8/h2-6H,1H3,(H,15,16,19). The van der Waals surface area contributed by atoms with Gasteiger partial charge in [-0.15, -0.1) is 0 Å². The first-order valence-electron chi connectivity index (χ1n) is 5.79. The Balaban J connectivity index is 2.04. The summed E-state index contributed by atoms with van der Waals surface area (Å²) < 4.78 is 18.2. The number of nitrogens with zero attached hydrogens (tertiary/aromatic N) is 3. The van der Waals surface area contributed by atoms with Crippen LogP contribution in [0.3, 0.4) is 0 Å². The third-order valence-corrected chi connectivity index (χ3v) is 2.67. The van der Waals surface area contributed by atoms with E-state index in [-0.39, 0.29) is 22.8 Å². The molecular weight excluding hydrogens is 263 g/mol. The zero-order chi connectivity index (χ0) is 14.1. The van der Waals surface area contributed by atoms with Gasteiger partial charge in [-0.05, 0) is 19.1 Å². The molecule has 7 heteroatoms. The van der Waals surface area contributed by atoms with Crippen molar-refractivity contribution in [2.24, 2.45) is 0 Å². The fraction of sp³-hybridized carbons (Fsp3) is 0.0769. The van der Waals surface area contributed by atoms with Crippen LogP contribution in [-0.2, 0) is 0 Å². The maximum Gasteiger partial charge on any atom is 0.265 e. The summed E-state index contributed by atoms with van der Waals surface area (Å²) in [5.74, 6) is 0.338. The van der Waals surface area contributed by atoms with Crippen LogP contribution in [-0.4, -0.2) is 20.1 Å². The molecule has 0 aliphatic heterocycles. The molecule has 0 aliphatic rings. The van der Waals surface area contributed by atoms with E-state index >= 15 is 0 Å². The van der Waals surface area contributed by atoms with Crippen molar-refractivity contribution in [2.45, 2.75) is 6.92 Å². The Hall–Kier alpha value is -2.83. The number of H-pyrrole nitrogens is 1. The van der Waals surface area contributed by atoms with Crippen molar-refractivity contribution in [3.63, 3.8) is 0 Å². The second kappa shape index (κ2) is 4.69. The van der Waals surface area contributed by atoms with Gasteiger partial charge < -0.3 is 9.51 Å². The van der Waals surface area contributed by atoms with E-state index in [1.54, 1.807) is 19.1 Å². The highest BCUT2D eigenvalue weighted by Crippen LogP contribution is 2.20. The Kier molecular flexibility index (Phi) is 2.86. The topological polar surface area (TPSA) is 84.7 Å². The Bertz CT molecular complexity index is 825. The monoisotopic (exact) mass is 272 g/mol. The van der Waals surface area contributed by atoms with E-state index in [9.17, 15) is 9.18 Å². The molecule has 1 aromatic carbocycles. The molecule has 6 nitrogen and oxygen atoms in total. The lowest BCUT2D eigenvalue weighted by atomic mass is 10.2. The van der Waals surface area contributed by atoms with E-state index in [1.165, 1.54) is 18.3 Å². The molecule has 0 atom stereocenters. The summed E-state index contributed by atoms with van der Waals surface area (Å²) in [6.45, 7) is 1.66. The summed E-state index contributed by atoms with van der Waals surface area (Å²) in [7, 11) is 0. The number of benzene rings is 1. The first-order valence-corrected chi connectivity index (χ1v) is 5.79. The van der Waals surface area contributed by atoms with Crippen LogP contribution in [0.25, 0.3) is 22.8 Å². The molecule has 0 unspecified atom stereocenters. The summed E-state index contributed by atoms with van der Waals surface area (Å²) in [6.07, 6.45) is 1.36. The van der Waals surface area contributed by atoms with Gasteiger partial charge in [-0.3, -0.25) is 4.79 Å². The minimum absolute atomic E-state index is 0.0398. The third-order valence-electron chi connectivity index (χ3n) is 2.67. The summed E-state index contributed by atoms with van der Waals surface area (Å²) >= 11 is 0. The second-order valence-corrected chi connectivity index (χ2v) is 4.14. The molecule has 0 radical (unpaired) electrons. The number of halogens is 1. The third kappa shape index (κ3) is 2.20. The molecular formula is C13H9FN4O2. The Morgan fingerprint density at radius 2 is 2.20 bits per heavy atom. The molecule has 0 bridgehead atoms. The van der Waals surface area contributed by atoms with Crippen molar-refractivity contribution >= 4 is 0 Å². The number of rotatable bonds is 2. The van der Waals surface area contributed by atoms with Crippen molar-refractivity contribution in [3.8, 4) is 22.8 Å². The lowest BCUT2D eigenvalue weighted by Gasteiger charge is -1.94. The number of nitrogens with one attached hydrogen (secondary N) is 1. The molecule has 100 valence electrons. The van der Waals surface area contributed by atoms with Crippen LogP contribution >= 0.6 is 0 Å². The number of aromatic nitrogens is 4. The van der Waals surface area contributed by atoms with Gasteiger partial charge in [0.1, 0.15) is 17.2 Å². The second-order valence-electron chi connectivity index (χ2n) is 4.14. The van der Waals surface area contributed by atoms with E-state index in [0.717, 1.165) is 0 Å². The normalized spacial score (nSPS) is 10.7. The highest BCUT2D eigenvalue weighted by atomic mass is 19.1. The Morgan fingerprint density at radius 3 is 2.95 bits per heavy atom. The lowest BCUT2D eigenvalue weighted by Crippen LogP contribution is -2.11. The van der Waals surface area contributed by atoms with E-state index in [1.807, 2.05) is 0 Å². The van der Waals surface area contributed by atoms with Crippen molar-refractivity contribution in [3.05, 3.63) is 52.5 Å². The predicted molar refractivity (Wildman–Crippen MR) is 68.3 cm³/mol. The lowest BCUT2D eigenvalue weighted by molar-refractivity contribution is 0.431. The van der Waals surface area contributed by atoms with Gasteiger partial charge in [-0.2, -0.15) is 4.98 Å². The highest BCUT2D eigenvalue weighted by molar-refractivity contribution is 5.58. The van der Waals surface area contributed by atoms with E-state index in [4.69, 9.17) is 4.52 Å². The van der Waals surface area contributed by atoms with Crippen LogP contribution in [0, 0.1) is 12.7 Å². The van der Waals surface area contributed by atoms with Crippen LogP contribution < -0.4 is 5.56 Å². The molecule has 0 saturated heterocycles. The molecule has 2 aromatic heterocycles. The molecule has 3 aromatic rings. The number of hydrogen-bond donors (Lipinski definition) is 1. The zero-order valence-electron chi connectivity index (χ0n) is 10.4. The summed E-state index contributed by atoms with van der Waals surface area (Å²) in [5.41, 5.74) is 0.272. The van der Waals surface area contributed by atoms with Crippen LogP contribution in [0.1, 0.15) is 5.82 Å². The Labute approximate surface area is 112 Å². The molecule has 20 heavy (non-hydrogen) atoms. The van der Waals surface area contributed by atoms with Gasteiger partial charge in [0, 0.05) is 11.8 Å². The van der Waals surface area contributed by atoms with Crippen molar-refractivity contribution < 1.29 is 8.91 Å². The molecule has 3 rings (SSSR count). The SMILES string of the molecule is Cc1ncc(-c2nc(-c3cccc(F)c3)no2)c(=O)[nH]1. The average molecular weight is 272 g/mol. The minimum atomic E-state index is -0.399. The van der Waals surface area contributed by atoms with Gasteiger partial charge in [-0.1, -0.05) is 17.3 Å². The largest absolute Gasteiger partial charge is 0.333 e. The molecule has 2 heterocycles. The number of hydrogen-bond acceptors (Lipinski definition) is 5. The first-order chi connectivity index (χ1) is 9.63. The Morgan fingerprint density at radius 1 is 1.35 bits per heavy atom. The fourth-order valence-electron chi connectivity index (χ4n) is 1.71. The predicted octanol–water partition coefficient (Wildman–Crippen LogP) is 1.93. The van der Waals surface area contributed by atoms with Crippen LogP contribution in [0.5, 0.6) is 0 Å². The molecule has 0 amide bonds. The van der Waals surface area contributed by atoms with Crippen LogP contribution in [0.2, 0.25) is 0 Å². The van der Waals surface area contributed by atoms with Gasteiger partial charge in [0.15, 0.2) is 0 Å². The summed E-state index contributed by atoms with van der Waals surface area (Å²) in [4.78, 5) is 22.3. The fourth-order valence-corrected chi connectivity index (χ4v) is 1.71. The molecule has 0 spiro atoms. The highest BCUT2D eigenvalue weighted by Gasteiger charge is 2.14. The summed E-state index contributed by atoms with van der Waals surface area (Å²) in [6, 6.07) is 5.79. The number of aromatic amines is 1. The van der Waals surface area contributed by atoms with Gasteiger partial charge in [-0.25, -0.2) is 9.37 Å². The maximum absolute atomic E-state index is 13.1. The maximum atomic E-state index is 13.1. The number of aryl methyl sites for hydroxylation is 1. The molecule has 1 N–H and O–H groups in total. The smallest absolute Gasteiger partial charge is 0.265 e. The quantitative estimate of drug-likeness (QED) is 0.770. The van der Waals surface area contributed by atoms with E-state index < -0.39 is 5.82 Å². The van der Waals surface area contributed by atoms with Crippen molar-refractivity contribution in [2.75, 3.05) is 0 Å². The van der Waals surface area contributed by atoms with Gasteiger partial charge in [0.25, 0.3) is 11.4 Å². The van der Waals surface area contributed by atoms with Crippen molar-refractivity contribution in [1.82, 2.24) is 20.1 Å². The zero-order valence-corrected chi connectivity index (χ0v) is 10.4. The van der Waals surface area contributed by atoms with Crippen molar-refractivity contribution in [1.29, 1.82) is 0 Å². The molecule has 0 fully saturated rings. The molecule has 0 aliphatic carbocycles. The average Bonchev–Trinajstić information content (AvgIpc) is 2.88. The van der Waals surface area contributed by atoms with Gasteiger partial charge in [0.05, 0.1) is 0 Å². The van der Waals surface area contributed by atoms with Gasteiger partial charge in [0.2, 0.25) is 5.82 Å². The van der Waals surface area contributed by atoms with Crippen LogP contribution in [0.4, 0.5) is 4.39 Å². The minimum Gasteiger partial charge on any atom is -0.333 e. The van der Waals surface area contributed by atoms with E-state index in [0.29, 0.717) is 11.4 Å². The van der Waals surface area contributed by atoms with Crippen LogP contribution in [0.15, 0.2) is 39.8 Å². The van der Waals surface area contributed by atoms with Gasteiger partial charge >= 0.3 is 0 Å². The summed E-state index contributed by atoms with van der Waals surface area (Å²) in [5, 5.41) is 3.73.